The summed E-state index contributed by atoms with van der Waals surface area (Å²) < 4.78 is 55.6. The first kappa shape index (κ1) is 20.5. The molecular formula is C21H18F2N6O2S. The highest BCUT2D eigenvalue weighted by atomic mass is 32.2. The zero-order chi connectivity index (χ0) is 22.3. The van der Waals surface area contributed by atoms with Gasteiger partial charge in [-0.3, -0.25) is 0 Å². The van der Waals surface area contributed by atoms with Gasteiger partial charge in [-0.05, 0) is 23.8 Å². The molecule has 2 aromatic heterocycles. The lowest BCUT2D eigenvalue weighted by atomic mass is 10.1. The fourth-order valence-corrected chi connectivity index (χ4v) is 5.25. The van der Waals surface area contributed by atoms with Crippen molar-refractivity contribution in [3.8, 4) is 11.1 Å². The first-order chi connectivity index (χ1) is 15.4. The molecule has 1 aliphatic heterocycles. The van der Waals surface area contributed by atoms with Gasteiger partial charge in [-0.2, -0.15) is 18.9 Å². The summed E-state index contributed by atoms with van der Waals surface area (Å²) in [5.41, 5.74) is 1.80. The van der Waals surface area contributed by atoms with E-state index in [0.29, 0.717) is 24.9 Å². The van der Waals surface area contributed by atoms with E-state index in [9.17, 15) is 17.2 Å². The molecule has 11 heteroatoms. The SMILES string of the molecule is O=S(=O)(c1ccc(F)c(F)c1)N1CCN(c2c(-c3ccccc3)cnc3ncnn23)CC1. The molecule has 0 N–H and O–H groups in total. The van der Waals surface area contributed by atoms with Gasteiger partial charge in [-0.25, -0.2) is 22.2 Å². The number of nitrogens with zero attached hydrogens (tertiary/aromatic N) is 6. The van der Waals surface area contributed by atoms with E-state index < -0.39 is 21.7 Å². The molecule has 0 saturated carbocycles. The Balaban J connectivity index is 1.46. The molecule has 0 atom stereocenters. The number of benzene rings is 2. The number of aromatic nitrogens is 4. The molecule has 32 heavy (non-hydrogen) atoms. The molecular weight excluding hydrogens is 438 g/mol. The second kappa shape index (κ2) is 7.92. The minimum Gasteiger partial charge on any atom is -0.353 e. The summed E-state index contributed by atoms with van der Waals surface area (Å²) in [6.45, 7) is 1.10. The third kappa shape index (κ3) is 3.49. The molecule has 0 bridgehead atoms. The van der Waals surface area contributed by atoms with Gasteiger partial charge >= 0.3 is 0 Å². The Morgan fingerprint density at radius 1 is 0.875 bits per heavy atom. The van der Waals surface area contributed by atoms with Crippen molar-refractivity contribution >= 4 is 21.6 Å². The van der Waals surface area contributed by atoms with Crippen molar-refractivity contribution in [3.05, 3.63) is 72.7 Å². The summed E-state index contributed by atoms with van der Waals surface area (Å²) in [4.78, 5) is 10.3. The Morgan fingerprint density at radius 2 is 1.62 bits per heavy atom. The number of halogens is 2. The highest BCUT2D eigenvalue weighted by Gasteiger charge is 2.31. The molecule has 8 nitrogen and oxygen atoms in total. The number of piperazine rings is 1. The molecule has 5 rings (SSSR count). The minimum atomic E-state index is -3.95. The Hall–Kier alpha value is -3.44. The second-order valence-corrected chi connectivity index (χ2v) is 9.24. The molecule has 0 spiro atoms. The Kier molecular flexibility index (Phi) is 5.06. The van der Waals surface area contributed by atoms with Crippen LogP contribution in [0.5, 0.6) is 0 Å². The van der Waals surface area contributed by atoms with Crippen molar-refractivity contribution in [1.82, 2.24) is 23.9 Å². The molecule has 0 aliphatic carbocycles. The van der Waals surface area contributed by atoms with E-state index >= 15 is 0 Å². The van der Waals surface area contributed by atoms with Gasteiger partial charge in [0.15, 0.2) is 11.6 Å². The predicted molar refractivity (Wildman–Crippen MR) is 114 cm³/mol. The van der Waals surface area contributed by atoms with Crippen molar-refractivity contribution in [2.24, 2.45) is 0 Å². The molecule has 1 fully saturated rings. The normalized spacial score (nSPS) is 15.4. The molecule has 4 aromatic rings. The van der Waals surface area contributed by atoms with Gasteiger partial charge in [-0.1, -0.05) is 30.3 Å². The number of sulfonamides is 1. The molecule has 164 valence electrons. The molecule has 0 unspecified atom stereocenters. The average Bonchev–Trinajstić information content (AvgIpc) is 3.30. The van der Waals surface area contributed by atoms with E-state index in [-0.39, 0.29) is 18.0 Å². The number of anilines is 1. The van der Waals surface area contributed by atoms with Crippen molar-refractivity contribution in [3.63, 3.8) is 0 Å². The third-order valence-electron chi connectivity index (χ3n) is 5.43. The van der Waals surface area contributed by atoms with Crippen molar-refractivity contribution < 1.29 is 17.2 Å². The van der Waals surface area contributed by atoms with Crippen molar-refractivity contribution in [2.45, 2.75) is 4.90 Å². The predicted octanol–water partition coefficient (Wildman–Crippen LogP) is 2.58. The lowest BCUT2D eigenvalue weighted by molar-refractivity contribution is 0.382. The fourth-order valence-electron chi connectivity index (χ4n) is 3.82. The summed E-state index contributed by atoms with van der Waals surface area (Å²) >= 11 is 0. The molecule has 1 aliphatic rings. The molecule has 0 amide bonds. The van der Waals surface area contributed by atoms with Gasteiger partial charge in [-0.15, -0.1) is 0 Å². The van der Waals surface area contributed by atoms with Crippen LogP contribution in [0.4, 0.5) is 14.6 Å². The van der Waals surface area contributed by atoms with Crippen LogP contribution in [0.15, 0.2) is 66.0 Å². The van der Waals surface area contributed by atoms with E-state index in [2.05, 4.69) is 15.1 Å². The van der Waals surface area contributed by atoms with E-state index in [1.54, 1.807) is 10.7 Å². The van der Waals surface area contributed by atoms with Crippen molar-refractivity contribution in [2.75, 3.05) is 31.1 Å². The Morgan fingerprint density at radius 3 is 2.34 bits per heavy atom. The maximum Gasteiger partial charge on any atom is 0.254 e. The maximum absolute atomic E-state index is 13.6. The van der Waals surface area contributed by atoms with E-state index in [1.165, 1.54) is 10.6 Å². The van der Waals surface area contributed by atoms with Crippen LogP contribution < -0.4 is 4.90 Å². The maximum atomic E-state index is 13.6. The van der Waals surface area contributed by atoms with Crippen LogP contribution in [0.3, 0.4) is 0 Å². The Bertz CT molecular complexity index is 1390. The number of hydrogen-bond acceptors (Lipinski definition) is 6. The number of fused-ring (bicyclic) bond motifs is 1. The Labute approximate surface area is 182 Å². The van der Waals surface area contributed by atoms with Crippen LogP contribution >= 0.6 is 0 Å². The van der Waals surface area contributed by atoms with Gasteiger partial charge in [0.2, 0.25) is 10.0 Å². The fraction of sp³-hybridized carbons (Fsp3) is 0.190. The largest absolute Gasteiger partial charge is 0.353 e. The van der Waals surface area contributed by atoms with Crippen LogP contribution in [0.25, 0.3) is 16.9 Å². The first-order valence-electron chi connectivity index (χ1n) is 9.89. The monoisotopic (exact) mass is 456 g/mol. The molecule has 0 radical (unpaired) electrons. The third-order valence-corrected chi connectivity index (χ3v) is 7.33. The lowest BCUT2D eigenvalue weighted by Crippen LogP contribution is -2.49. The van der Waals surface area contributed by atoms with Crippen molar-refractivity contribution in [1.29, 1.82) is 0 Å². The zero-order valence-corrected chi connectivity index (χ0v) is 17.6. The highest BCUT2D eigenvalue weighted by Crippen LogP contribution is 2.31. The van der Waals surface area contributed by atoms with E-state index in [1.807, 2.05) is 35.2 Å². The quantitative estimate of drug-likeness (QED) is 0.470. The van der Waals surface area contributed by atoms with E-state index in [0.717, 1.165) is 29.1 Å². The van der Waals surface area contributed by atoms with Gasteiger partial charge in [0, 0.05) is 37.9 Å². The van der Waals surface area contributed by atoms with Crippen LogP contribution in [0, 0.1) is 11.6 Å². The van der Waals surface area contributed by atoms with Gasteiger partial charge < -0.3 is 4.90 Å². The average molecular weight is 456 g/mol. The van der Waals surface area contributed by atoms with Gasteiger partial charge in [0.1, 0.15) is 12.1 Å². The van der Waals surface area contributed by atoms with Crippen LogP contribution in [0.2, 0.25) is 0 Å². The summed E-state index contributed by atoms with van der Waals surface area (Å²) in [6, 6.07) is 12.3. The highest BCUT2D eigenvalue weighted by molar-refractivity contribution is 7.89. The van der Waals surface area contributed by atoms with Crippen LogP contribution in [-0.2, 0) is 10.0 Å². The molecule has 3 heterocycles. The van der Waals surface area contributed by atoms with Gasteiger partial charge in [0.25, 0.3) is 5.78 Å². The standard InChI is InChI=1S/C21H18F2N6O2S/c22-18-7-6-16(12-19(18)23)32(30,31)28-10-8-27(9-11-28)20-17(15-4-2-1-3-5-15)13-24-21-25-14-26-29(20)21/h1-7,12-14H,8-11H2. The number of rotatable bonds is 4. The molecule has 2 aromatic carbocycles. The zero-order valence-electron chi connectivity index (χ0n) is 16.8. The summed E-state index contributed by atoms with van der Waals surface area (Å²) in [6.07, 6.45) is 3.16. The molecule has 1 saturated heterocycles. The summed E-state index contributed by atoms with van der Waals surface area (Å²) in [7, 11) is -3.95. The van der Waals surface area contributed by atoms with Crippen LogP contribution in [0.1, 0.15) is 0 Å². The van der Waals surface area contributed by atoms with Crippen LogP contribution in [-0.4, -0.2) is 58.5 Å². The summed E-state index contributed by atoms with van der Waals surface area (Å²) in [5, 5.41) is 4.31. The second-order valence-electron chi connectivity index (χ2n) is 7.30. The number of hydrogen-bond donors (Lipinski definition) is 0. The first-order valence-corrected chi connectivity index (χ1v) is 11.3. The summed E-state index contributed by atoms with van der Waals surface area (Å²) in [5.74, 6) is -1.07. The van der Waals surface area contributed by atoms with E-state index in [4.69, 9.17) is 0 Å². The smallest absolute Gasteiger partial charge is 0.254 e. The lowest BCUT2D eigenvalue weighted by Gasteiger charge is -2.36. The minimum absolute atomic E-state index is 0.175. The topological polar surface area (TPSA) is 83.7 Å². The van der Waals surface area contributed by atoms with Gasteiger partial charge in [0.05, 0.1) is 4.90 Å².